The van der Waals surface area contributed by atoms with Crippen LogP contribution in [0.15, 0.2) is 34.8 Å². The summed E-state index contributed by atoms with van der Waals surface area (Å²) in [5.41, 5.74) is 1.88. The molecule has 3 nitrogen and oxygen atoms in total. The molecular formula is C15H14BrClN2O. The first kappa shape index (κ1) is 14.0. The molecule has 104 valence electrons. The van der Waals surface area contributed by atoms with Crippen LogP contribution in [0.5, 0.6) is 0 Å². The van der Waals surface area contributed by atoms with E-state index in [1.807, 2.05) is 30.3 Å². The van der Waals surface area contributed by atoms with E-state index in [0.717, 1.165) is 47.6 Å². The van der Waals surface area contributed by atoms with Crippen molar-refractivity contribution in [1.82, 2.24) is 9.97 Å². The molecule has 0 spiro atoms. The van der Waals surface area contributed by atoms with Crippen LogP contribution in [0.1, 0.15) is 12.2 Å². The van der Waals surface area contributed by atoms with E-state index < -0.39 is 0 Å². The number of hydrogen-bond acceptors (Lipinski definition) is 3. The van der Waals surface area contributed by atoms with E-state index in [1.54, 1.807) is 0 Å². The molecule has 2 aromatic rings. The number of hydrogen-bond donors (Lipinski definition) is 0. The largest absolute Gasteiger partial charge is 0.381 e. The standard InChI is InChI=1S/C15H14BrClN2O/c16-13-14(11-4-2-1-3-5-11)18-12(19-15(13)17)8-10-6-7-20-9-10/h1-5,10H,6-9H2. The predicted molar refractivity (Wildman–Crippen MR) is 82.8 cm³/mol. The van der Waals surface area contributed by atoms with E-state index in [9.17, 15) is 0 Å². The second-order valence-corrected chi connectivity index (χ2v) is 6.04. The van der Waals surface area contributed by atoms with Gasteiger partial charge >= 0.3 is 0 Å². The minimum absolute atomic E-state index is 0.466. The molecule has 0 amide bonds. The Labute approximate surface area is 131 Å². The molecule has 2 heterocycles. The van der Waals surface area contributed by atoms with Gasteiger partial charge in [-0.25, -0.2) is 9.97 Å². The van der Waals surface area contributed by atoms with Crippen LogP contribution in [-0.4, -0.2) is 23.2 Å². The highest BCUT2D eigenvalue weighted by Crippen LogP contribution is 2.32. The van der Waals surface area contributed by atoms with Gasteiger partial charge in [0.2, 0.25) is 0 Å². The molecule has 1 fully saturated rings. The lowest BCUT2D eigenvalue weighted by atomic mass is 10.0. The van der Waals surface area contributed by atoms with Gasteiger partial charge in [0.25, 0.3) is 0 Å². The van der Waals surface area contributed by atoms with E-state index >= 15 is 0 Å². The van der Waals surface area contributed by atoms with Crippen LogP contribution < -0.4 is 0 Å². The summed E-state index contributed by atoms with van der Waals surface area (Å²) in [7, 11) is 0. The second-order valence-electron chi connectivity index (χ2n) is 4.89. The zero-order valence-corrected chi connectivity index (χ0v) is 13.2. The van der Waals surface area contributed by atoms with Crippen LogP contribution in [0.2, 0.25) is 5.15 Å². The topological polar surface area (TPSA) is 35.0 Å². The third-order valence-corrected chi connectivity index (χ3v) is 4.65. The summed E-state index contributed by atoms with van der Waals surface area (Å²) in [5, 5.41) is 0.466. The predicted octanol–water partition coefficient (Wildman–Crippen LogP) is 4.14. The van der Waals surface area contributed by atoms with Crippen molar-refractivity contribution in [3.8, 4) is 11.3 Å². The van der Waals surface area contributed by atoms with Gasteiger partial charge in [0.15, 0.2) is 0 Å². The lowest BCUT2D eigenvalue weighted by Crippen LogP contribution is -2.08. The lowest BCUT2D eigenvalue weighted by Gasteiger charge is -2.10. The van der Waals surface area contributed by atoms with Gasteiger partial charge in [0, 0.05) is 25.2 Å². The Hall–Kier alpha value is -0.970. The molecule has 1 atom stereocenters. The molecule has 20 heavy (non-hydrogen) atoms. The number of rotatable bonds is 3. The molecule has 1 aromatic carbocycles. The smallest absolute Gasteiger partial charge is 0.147 e. The number of nitrogens with zero attached hydrogens (tertiary/aromatic N) is 2. The summed E-state index contributed by atoms with van der Waals surface area (Å²) in [5.74, 6) is 1.28. The van der Waals surface area contributed by atoms with Gasteiger partial charge < -0.3 is 4.74 Å². The molecule has 1 unspecified atom stereocenters. The van der Waals surface area contributed by atoms with Crippen LogP contribution in [0.4, 0.5) is 0 Å². The third-order valence-electron chi connectivity index (χ3n) is 3.40. The Bertz CT molecular complexity index is 600. The molecule has 5 heteroatoms. The molecule has 1 saturated heterocycles. The monoisotopic (exact) mass is 352 g/mol. The van der Waals surface area contributed by atoms with Crippen molar-refractivity contribution in [3.63, 3.8) is 0 Å². The van der Waals surface area contributed by atoms with Gasteiger partial charge in [-0.05, 0) is 28.3 Å². The maximum Gasteiger partial charge on any atom is 0.147 e. The zero-order valence-electron chi connectivity index (χ0n) is 10.9. The zero-order chi connectivity index (χ0) is 13.9. The van der Waals surface area contributed by atoms with Gasteiger partial charge in [0.05, 0.1) is 10.2 Å². The Balaban J connectivity index is 1.95. The van der Waals surface area contributed by atoms with Gasteiger partial charge in [-0.3, -0.25) is 0 Å². The summed E-state index contributed by atoms with van der Waals surface area (Å²) < 4.78 is 6.15. The Morgan fingerprint density at radius 1 is 1.25 bits per heavy atom. The highest BCUT2D eigenvalue weighted by atomic mass is 79.9. The summed E-state index contributed by atoms with van der Waals surface area (Å²) in [6.07, 6.45) is 1.88. The quantitative estimate of drug-likeness (QED) is 0.778. The van der Waals surface area contributed by atoms with Crippen LogP contribution in [0.3, 0.4) is 0 Å². The second kappa shape index (κ2) is 6.20. The fourth-order valence-electron chi connectivity index (χ4n) is 2.34. The molecule has 1 aromatic heterocycles. The fraction of sp³-hybridized carbons (Fsp3) is 0.333. The number of benzene rings is 1. The average Bonchev–Trinajstić information content (AvgIpc) is 2.96. The van der Waals surface area contributed by atoms with Crippen LogP contribution in [-0.2, 0) is 11.2 Å². The number of halogens is 2. The van der Waals surface area contributed by atoms with E-state index in [4.69, 9.17) is 16.3 Å². The average molecular weight is 354 g/mol. The van der Waals surface area contributed by atoms with Crippen molar-refractivity contribution < 1.29 is 4.74 Å². The molecular weight excluding hydrogens is 340 g/mol. The summed E-state index contributed by atoms with van der Waals surface area (Å²) in [6.45, 7) is 1.62. The Morgan fingerprint density at radius 2 is 2.05 bits per heavy atom. The molecule has 0 aliphatic carbocycles. The third kappa shape index (κ3) is 3.03. The van der Waals surface area contributed by atoms with E-state index in [-0.39, 0.29) is 0 Å². The minimum Gasteiger partial charge on any atom is -0.381 e. The van der Waals surface area contributed by atoms with Gasteiger partial charge in [-0.1, -0.05) is 41.9 Å². The molecule has 0 saturated carbocycles. The molecule has 0 bridgehead atoms. The lowest BCUT2D eigenvalue weighted by molar-refractivity contribution is 0.185. The molecule has 0 N–H and O–H groups in total. The SMILES string of the molecule is Clc1nc(CC2CCOC2)nc(-c2ccccc2)c1Br. The van der Waals surface area contributed by atoms with Crippen molar-refractivity contribution in [3.05, 3.63) is 45.8 Å². The van der Waals surface area contributed by atoms with Crippen molar-refractivity contribution in [2.75, 3.05) is 13.2 Å². The van der Waals surface area contributed by atoms with Crippen molar-refractivity contribution in [2.24, 2.45) is 5.92 Å². The molecule has 1 aliphatic heterocycles. The van der Waals surface area contributed by atoms with E-state index in [2.05, 4.69) is 25.9 Å². The van der Waals surface area contributed by atoms with Gasteiger partial charge in [-0.15, -0.1) is 0 Å². The van der Waals surface area contributed by atoms with Crippen molar-refractivity contribution in [2.45, 2.75) is 12.8 Å². The van der Waals surface area contributed by atoms with E-state index in [1.165, 1.54) is 0 Å². The molecule has 1 aliphatic rings. The van der Waals surface area contributed by atoms with Gasteiger partial charge in [-0.2, -0.15) is 0 Å². The first-order chi connectivity index (χ1) is 9.74. The molecule has 3 rings (SSSR count). The summed E-state index contributed by atoms with van der Waals surface area (Å²) in [6, 6.07) is 10.00. The fourth-order valence-corrected chi connectivity index (χ4v) is 2.94. The first-order valence-electron chi connectivity index (χ1n) is 6.59. The Kier molecular flexibility index (Phi) is 4.34. The first-order valence-corrected chi connectivity index (χ1v) is 7.76. The highest BCUT2D eigenvalue weighted by Gasteiger charge is 2.19. The molecule has 0 radical (unpaired) electrons. The van der Waals surface area contributed by atoms with Crippen molar-refractivity contribution in [1.29, 1.82) is 0 Å². The van der Waals surface area contributed by atoms with Gasteiger partial charge in [0.1, 0.15) is 11.0 Å². The van der Waals surface area contributed by atoms with Crippen molar-refractivity contribution >= 4 is 27.5 Å². The maximum absolute atomic E-state index is 6.23. The normalized spacial score (nSPS) is 18.4. The van der Waals surface area contributed by atoms with E-state index in [0.29, 0.717) is 11.1 Å². The van der Waals surface area contributed by atoms with Crippen LogP contribution in [0, 0.1) is 5.92 Å². The van der Waals surface area contributed by atoms with Crippen LogP contribution >= 0.6 is 27.5 Å². The highest BCUT2D eigenvalue weighted by molar-refractivity contribution is 9.10. The number of aromatic nitrogens is 2. The summed E-state index contributed by atoms with van der Waals surface area (Å²) in [4.78, 5) is 9.04. The van der Waals surface area contributed by atoms with Crippen LogP contribution in [0.25, 0.3) is 11.3 Å². The minimum atomic E-state index is 0.466. The Morgan fingerprint density at radius 3 is 2.75 bits per heavy atom. The number of ether oxygens (including phenoxy) is 1. The summed E-state index contributed by atoms with van der Waals surface area (Å²) >= 11 is 9.71. The maximum atomic E-state index is 6.23.